The summed E-state index contributed by atoms with van der Waals surface area (Å²) in [5, 5.41) is 10.8. The van der Waals surface area contributed by atoms with Crippen LogP contribution < -0.4 is 5.32 Å². The molecule has 0 aliphatic carbocycles. The summed E-state index contributed by atoms with van der Waals surface area (Å²) in [5.41, 5.74) is 1.06. The highest BCUT2D eigenvalue weighted by Gasteiger charge is 2.07. The van der Waals surface area contributed by atoms with Crippen LogP contribution in [-0.4, -0.2) is 27.0 Å². The van der Waals surface area contributed by atoms with Gasteiger partial charge in [0, 0.05) is 18.6 Å². The molecule has 0 saturated carbocycles. The van der Waals surface area contributed by atoms with E-state index in [0.717, 1.165) is 5.69 Å². The summed E-state index contributed by atoms with van der Waals surface area (Å²) in [6.45, 7) is -0.0319. The van der Waals surface area contributed by atoms with Gasteiger partial charge < -0.3 is 9.88 Å². The molecule has 1 amide bonds. The van der Waals surface area contributed by atoms with E-state index in [4.69, 9.17) is 5.26 Å². The largest absolute Gasteiger partial charge is 0.338 e. The lowest BCUT2D eigenvalue weighted by atomic mass is 10.3. The third kappa shape index (κ3) is 2.46. The van der Waals surface area contributed by atoms with Crippen molar-refractivity contribution in [2.75, 3.05) is 6.54 Å². The first kappa shape index (κ1) is 10.8. The van der Waals surface area contributed by atoms with Crippen LogP contribution in [0.5, 0.6) is 0 Å². The Morgan fingerprint density at radius 2 is 2.41 bits per heavy atom. The molecule has 6 nitrogen and oxygen atoms in total. The molecule has 0 aromatic carbocycles. The Morgan fingerprint density at radius 3 is 3.12 bits per heavy atom. The van der Waals surface area contributed by atoms with E-state index in [0.29, 0.717) is 0 Å². The molecular weight excluding hydrogens is 218 g/mol. The van der Waals surface area contributed by atoms with Gasteiger partial charge in [0.1, 0.15) is 12.2 Å². The van der Waals surface area contributed by atoms with E-state index in [-0.39, 0.29) is 18.1 Å². The molecule has 0 aliphatic rings. The summed E-state index contributed by atoms with van der Waals surface area (Å²) in [6.07, 6.45) is 6.59. The number of amides is 1. The van der Waals surface area contributed by atoms with E-state index in [1.54, 1.807) is 35.4 Å². The van der Waals surface area contributed by atoms with Crippen LogP contribution in [0.4, 0.5) is 0 Å². The zero-order chi connectivity index (χ0) is 12.1. The zero-order valence-corrected chi connectivity index (χ0v) is 8.87. The third-order valence-electron chi connectivity index (χ3n) is 2.11. The maximum atomic E-state index is 11.6. The van der Waals surface area contributed by atoms with Crippen LogP contribution in [0.15, 0.2) is 37.1 Å². The molecule has 2 rings (SSSR count). The van der Waals surface area contributed by atoms with Gasteiger partial charge in [-0.05, 0) is 12.1 Å². The summed E-state index contributed by atoms with van der Waals surface area (Å²) in [7, 11) is 0. The van der Waals surface area contributed by atoms with Gasteiger partial charge in [-0.1, -0.05) is 0 Å². The van der Waals surface area contributed by atoms with Gasteiger partial charge in [0.05, 0.1) is 18.1 Å². The van der Waals surface area contributed by atoms with E-state index in [1.165, 1.54) is 6.20 Å². The molecule has 0 spiro atoms. The molecule has 0 bridgehead atoms. The Kier molecular flexibility index (Phi) is 3.12. The molecular formula is C11H9N5O. The summed E-state index contributed by atoms with van der Waals surface area (Å²) in [5.74, 6) is -0.367. The van der Waals surface area contributed by atoms with Crippen molar-refractivity contribution in [2.24, 2.45) is 0 Å². The number of nitrogens with zero attached hydrogens (tertiary/aromatic N) is 4. The number of rotatable bonds is 3. The highest BCUT2D eigenvalue weighted by atomic mass is 16.1. The van der Waals surface area contributed by atoms with Crippen molar-refractivity contribution in [3.63, 3.8) is 0 Å². The fourth-order valence-electron chi connectivity index (χ4n) is 1.33. The van der Waals surface area contributed by atoms with Crippen LogP contribution >= 0.6 is 0 Å². The van der Waals surface area contributed by atoms with Gasteiger partial charge in [-0.2, -0.15) is 5.26 Å². The van der Waals surface area contributed by atoms with Gasteiger partial charge in [-0.25, -0.2) is 4.98 Å². The SMILES string of the molecule is N#CCNC(=O)c1cc(-n2ccnc2)ccn1. The lowest BCUT2D eigenvalue weighted by Crippen LogP contribution is -2.24. The van der Waals surface area contributed by atoms with Crippen LogP contribution in [0.1, 0.15) is 10.5 Å². The number of carbonyl (C=O) groups excluding carboxylic acids is 1. The van der Waals surface area contributed by atoms with E-state index < -0.39 is 0 Å². The fourth-order valence-corrected chi connectivity index (χ4v) is 1.33. The predicted molar refractivity (Wildman–Crippen MR) is 59.3 cm³/mol. The van der Waals surface area contributed by atoms with Crippen LogP contribution in [0.3, 0.4) is 0 Å². The zero-order valence-electron chi connectivity index (χ0n) is 8.87. The van der Waals surface area contributed by atoms with Gasteiger partial charge in [-0.15, -0.1) is 0 Å². The normalized spacial score (nSPS) is 9.59. The van der Waals surface area contributed by atoms with Crippen LogP contribution in [0.2, 0.25) is 0 Å². The topological polar surface area (TPSA) is 83.6 Å². The number of pyridine rings is 1. The highest BCUT2D eigenvalue weighted by Crippen LogP contribution is 2.07. The van der Waals surface area contributed by atoms with E-state index in [9.17, 15) is 4.79 Å². The molecule has 0 atom stereocenters. The molecule has 17 heavy (non-hydrogen) atoms. The molecule has 0 aliphatic heterocycles. The van der Waals surface area contributed by atoms with Crippen molar-refractivity contribution in [2.45, 2.75) is 0 Å². The Bertz CT molecular complexity index is 555. The Hall–Kier alpha value is -2.68. The molecule has 0 saturated heterocycles. The van der Waals surface area contributed by atoms with Gasteiger partial charge in [0.15, 0.2) is 0 Å². The fraction of sp³-hybridized carbons (Fsp3) is 0.0909. The van der Waals surface area contributed by atoms with Crippen LogP contribution in [0.25, 0.3) is 5.69 Å². The van der Waals surface area contributed by atoms with Gasteiger partial charge in [0.25, 0.3) is 5.91 Å². The number of hydrogen-bond donors (Lipinski definition) is 1. The van der Waals surface area contributed by atoms with E-state index >= 15 is 0 Å². The van der Waals surface area contributed by atoms with Crippen LogP contribution in [0, 0.1) is 11.3 Å². The monoisotopic (exact) mass is 227 g/mol. The number of nitrogens with one attached hydrogen (secondary N) is 1. The van der Waals surface area contributed by atoms with Crippen molar-refractivity contribution >= 4 is 5.91 Å². The Morgan fingerprint density at radius 1 is 1.53 bits per heavy atom. The number of carbonyl (C=O) groups is 1. The number of hydrogen-bond acceptors (Lipinski definition) is 4. The lowest BCUT2D eigenvalue weighted by Gasteiger charge is -2.04. The molecule has 84 valence electrons. The second-order valence-corrected chi connectivity index (χ2v) is 3.21. The molecule has 2 aromatic rings. The lowest BCUT2D eigenvalue weighted by molar-refractivity contribution is 0.0953. The van der Waals surface area contributed by atoms with Gasteiger partial charge in [-0.3, -0.25) is 9.78 Å². The highest BCUT2D eigenvalue weighted by molar-refractivity contribution is 5.92. The summed E-state index contributed by atoms with van der Waals surface area (Å²) in [6, 6.07) is 5.24. The van der Waals surface area contributed by atoms with Gasteiger partial charge >= 0.3 is 0 Å². The Balaban J connectivity index is 2.23. The van der Waals surface area contributed by atoms with Crippen molar-refractivity contribution in [1.29, 1.82) is 5.26 Å². The van der Waals surface area contributed by atoms with Crippen molar-refractivity contribution in [1.82, 2.24) is 19.9 Å². The molecule has 0 fully saturated rings. The molecule has 0 radical (unpaired) electrons. The van der Waals surface area contributed by atoms with Crippen molar-refractivity contribution in [3.05, 3.63) is 42.7 Å². The second kappa shape index (κ2) is 4.90. The van der Waals surface area contributed by atoms with Crippen molar-refractivity contribution < 1.29 is 4.79 Å². The standard InChI is InChI=1S/C11H9N5O/c12-2-4-15-11(17)10-7-9(1-3-14-10)16-6-5-13-8-16/h1,3,5-8H,4H2,(H,15,17). The summed E-state index contributed by atoms with van der Waals surface area (Å²) < 4.78 is 1.77. The molecule has 1 N–H and O–H groups in total. The maximum Gasteiger partial charge on any atom is 0.270 e. The first-order valence-corrected chi connectivity index (χ1v) is 4.91. The second-order valence-electron chi connectivity index (χ2n) is 3.21. The minimum atomic E-state index is -0.367. The molecule has 0 unspecified atom stereocenters. The quantitative estimate of drug-likeness (QED) is 0.775. The first-order chi connectivity index (χ1) is 8.31. The maximum absolute atomic E-state index is 11.6. The summed E-state index contributed by atoms with van der Waals surface area (Å²) in [4.78, 5) is 19.4. The average molecular weight is 227 g/mol. The smallest absolute Gasteiger partial charge is 0.270 e. The minimum absolute atomic E-state index is 0.0319. The molecule has 2 heterocycles. The number of nitriles is 1. The predicted octanol–water partition coefficient (Wildman–Crippen LogP) is 0.521. The van der Waals surface area contributed by atoms with Crippen LogP contribution in [-0.2, 0) is 0 Å². The third-order valence-corrected chi connectivity index (χ3v) is 2.11. The van der Waals surface area contributed by atoms with E-state index in [2.05, 4.69) is 15.3 Å². The minimum Gasteiger partial charge on any atom is -0.338 e. The van der Waals surface area contributed by atoms with Crippen molar-refractivity contribution in [3.8, 4) is 11.8 Å². The molecule has 2 aromatic heterocycles. The average Bonchev–Trinajstić information content (AvgIpc) is 2.90. The van der Waals surface area contributed by atoms with Gasteiger partial charge in [0.2, 0.25) is 0 Å². The summed E-state index contributed by atoms with van der Waals surface area (Å²) >= 11 is 0. The molecule has 6 heteroatoms. The first-order valence-electron chi connectivity index (χ1n) is 4.91. The number of imidazole rings is 1. The number of aromatic nitrogens is 3. The Labute approximate surface area is 97.5 Å². The van der Waals surface area contributed by atoms with E-state index in [1.807, 2.05) is 6.07 Å².